The van der Waals surface area contributed by atoms with Gasteiger partial charge >= 0.3 is 0 Å². The van der Waals surface area contributed by atoms with Crippen LogP contribution in [0.15, 0.2) is 55.7 Å². The third kappa shape index (κ3) is 3.41. The standard InChI is InChI=1S/C15H10ClNO2S3/c1-17-14(18)12(22-15(17)20)8-10-4-7-13(19-10)21-11-5-2-9(16)3-6-11/h2-8H,1H3/b12-8-. The summed E-state index contributed by atoms with van der Waals surface area (Å²) in [5.41, 5.74) is 0. The van der Waals surface area contributed by atoms with E-state index in [9.17, 15) is 4.79 Å². The molecule has 0 unspecified atom stereocenters. The topological polar surface area (TPSA) is 33.5 Å². The number of halogens is 1. The van der Waals surface area contributed by atoms with Gasteiger partial charge in [-0.3, -0.25) is 9.69 Å². The van der Waals surface area contributed by atoms with Gasteiger partial charge in [0.25, 0.3) is 5.91 Å². The summed E-state index contributed by atoms with van der Waals surface area (Å²) in [6.45, 7) is 0. The molecule has 1 amide bonds. The Morgan fingerprint density at radius 3 is 2.64 bits per heavy atom. The number of amides is 1. The number of carbonyl (C=O) groups is 1. The Balaban J connectivity index is 1.75. The number of carbonyl (C=O) groups excluding carboxylic acids is 1. The predicted octanol–water partition coefficient (Wildman–Crippen LogP) is 4.92. The van der Waals surface area contributed by atoms with Crippen molar-refractivity contribution in [3.05, 3.63) is 52.1 Å². The highest BCUT2D eigenvalue weighted by Gasteiger charge is 2.28. The second kappa shape index (κ2) is 6.50. The lowest BCUT2D eigenvalue weighted by atomic mass is 10.4. The Morgan fingerprint density at radius 1 is 1.27 bits per heavy atom. The van der Waals surface area contributed by atoms with Crippen LogP contribution in [0.4, 0.5) is 0 Å². The van der Waals surface area contributed by atoms with Crippen molar-refractivity contribution in [3.63, 3.8) is 0 Å². The van der Waals surface area contributed by atoms with Gasteiger partial charge in [-0.1, -0.05) is 47.3 Å². The normalized spacial score (nSPS) is 16.8. The van der Waals surface area contributed by atoms with Crippen molar-refractivity contribution in [3.8, 4) is 0 Å². The van der Waals surface area contributed by atoms with E-state index in [4.69, 9.17) is 28.2 Å². The summed E-state index contributed by atoms with van der Waals surface area (Å²) in [6, 6.07) is 11.2. The summed E-state index contributed by atoms with van der Waals surface area (Å²) in [5.74, 6) is 0.531. The predicted molar refractivity (Wildman–Crippen MR) is 95.2 cm³/mol. The molecular formula is C15H10ClNO2S3. The molecular weight excluding hydrogens is 358 g/mol. The van der Waals surface area contributed by atoms with E-state index < -0.39 is 0 Å². The van der Waals surface area contributed by atoms with Crippen LogP contribution in [0.25, 0.3) is 6.08 Å². The maximum atomic E-state index is 11.9. The second-order valence-corrected chi connectivity index (χ2v) is 7.64. The molecule has 1 saturated heterocycles. The average molecular weight is 368 g/mol. The van der Waals surface area contributed by atoms with Gasteiger partial charge in [0.15, 0.2) is 5.09 Å². The van der Waals surface area contributed by atoms with Crippen LogP contribution in [0.5, 0.6) is 0 Å². The number of hydrogen-bond acceptors (Lipinski definition) is 5. The quantitative estimate of drug-likeness (QED) is 0.568. The summed E-state index contributed by atoms with van der Waals surface area (Å²) < 4.78 is 6.28. The molecule has 1 fully saturated rings. The Morgan fingerprint density at radius 2 is 2.00 bits per heavy atom. The molecule has 0 atom stereocenters. The summed E-state index contributed by atoms with van der Waals surface area (Å²) in [5, 5.41) is 1.45. The van der Waals surface area contributed by atoms with Gasteiger partial charge < -0.3 is 4.42 Å². The zero-order chi connectivity index (χ0) is 15.7. The molecule has 2 heterocycles. The van der Waals surface area contributed by atoms with Gasteiger partial charge in [-0.25, -0.2) is 0 Å². The van der Waals surface area contributed by atoms with E-state index in [0.717, 1.165) is 9.99 Å². The molecule has 7 heteroatoms. The molecule has 1 aromatic heterocycles. The van der Waals surface area contributed by atoms with E-state index in [0.29, 0.717) is 20.0 Å². The lowest BCUT2D eigenvalue weighted by Gasteiger charge is -2.03. The number of likely N-dealkylation sites (N-methyl/N-ethyl adjacent to an activating group) is 1. The molecule has 1 aromatic carbocycles. The molecule has 3 nitrogen and oxygen atoms in total. The highest BCUT2D eigenvalue weighted by Crippen LogP contribution is 2.34. The first-order valence-electron chi connectivity index (χ1n) is 6.28. The van der Waals surface area contributed by atoms with Crippen LogP contribution in [0.1, 0.15) is 5.76 Å². The van der Waals surface area contributed by atoms with Crippen molar-refractivity contribution < 1.29 is 9.21 Å². The number of thioether (sulfide) groups is 1. The van der Waals surface area contributed by atoms with Crippen molar-refractivity contribution >= 4 is 63.6 Å². The number of nitrogens with zero attached hydrogens (tertiary/aromatic N) is 1. The number of furan rings is 1. The summed E-state index contributed by atoms with van der Waals surface area (Å²) >= 11 is 13.7. The number of thiocarbonyl (C=S) groups is 1. The number of hydrogen-bond donors (Lipinski definition) is 0. The van der Waals surface area contributed by atoms with Crippen molar-refractivity contribution in [1.82, 2.24) is 4.90 Å². The first-order chi connectivity index (χ1) is 10.5. The lowest BCUT2D eigenvalue weighted by Crippen LogP contribution is -2.22. The van der Waals surface area contributed by atoms with E-state index >= 15 is 0 Å². The monoisotopic (exact) mass is 367 g/mol. The zero-order valence-corrected chi connectivity index (χ0v) is 14.6. The van der Waals surface area contributed by atoms with Crippen molar-refractivity contribution in [1.29, 1.82) is 0 Å². The number of benzene rings is 1. The van der Waals surface area contributed by atoms with Gasteiger partial charge in [0.2, 0.25) is 0 Å². The van der Waals surface area contributed by atoms with Gasteiger partial charge in [0.05, 0.1) is 4.91 Å². The molecule has 1 aliphatic heterocycles. The van der Waals surface area contributed by atoms with Crippen molar-refractivity contribution in [2.24, 2.45) is 0 Å². The molecule has 1 aliphatic rings. The highest BCUT2D eigenvalue weighted by molar-refractivity contribution is 8.26. The third-order valence-corrected chi connectivity index (χ3v) is 5.56. The van der Waals surface area contributed by atoms with Crippen LogP contribution in [0, 0.1) is 0 Å². The van der Waals surface area contributed by atoms with E-state index in [-0.39, 0.29) is 5.91 Å². The summed E-state index contributed by atoms with van der Waals surface area (Å²) in [4.78, 5) is 15.0. The van der Waals surface area contributed by atoms with Crippen LogP contribution >= 0.6 is 47.3 Å². The Bertz CT molecular complexity index is 767. The minimum absolute atomic E-state index is 0.0988. The van der Waals surface area contributed by atoms with Crippen LogP contribution in [-0.2, 0) is 4.79 Å². The molecule has 0 saturated carbocycles. The van der Waals surface area contributed by atoms with E-state index in [1.807, 2.05) is 36.4 Å². The van der Waals surface area contributed by atoms with Gasteiger partial charge in [0.1, 0.15) is 10.1 Å². The summed E-state index contributed by atoms with van der Waals surface area (Å²) in [7, 11) is 1.67. The van der Waals surface area contributed by atoms with Gasteiger partial charge in [-0.05, 0) is 36.4 Å². The molecule has 0 spiro atoms. The van der Waals surface area contributed by atoms with E-state index in [2.05, 4.69) is 0 Å². The van der Waals surface area contributed by atoms with E-state index in [1.54, 1.807) is 13.1 Å². The minimum atomic E-state index is -0.0988. The molecule has 112 valence electrons. The molecule has 2 aromatic rings. The van der Waals surface area contributed by atoms with Crippen molar-refractivity contribution in [2.75, 3.05) is 7.05 Å². The Hall–Kier alpha value is -1.21. The molecule has 0 N–H and O–H groups in total. The van der Waals surface area contributed by atoms with Crippen LogP contribution in [0.2, 0.25) is 5.02 Å². The fraction of sp³-hybridized carbons (Fsp3) is 0.0667. The van der Waals surface area contributed by atoms with Gasteiger partial charge in [-0.15, -0.1) is 0 Å². The molecule has 0 aliphatic carbocycles. The average Bonchev–Trinajstić information content (AvgIpc) is 3.03. The first kappa shape index (κ1) is 15.7. The van der Waals surface area contributed by atoms with Gasteiger partial charge in [0, 0.05) is 23.0 Å². The summed E-state index contributed by atoms with van der Waals surface area (Å²) in [6.07, 6.45) is 1.72. The second-order valence-electron chi connectivity index (χ2n) is 4.45. The fourth-order valence-corrected chi connectivity index (χ4v) is 3.82. The minimum Gasteiger partial charge on any atom is -0.450 e. The Kier molecular flexibility index (Phi) is 4.63. The van der Waals surface area contributed by atoms with Crippen molar-refractivity contribution in [2.45, 2.75) is 9.99 Å². The lowest BCUT2D eigenvalue weighted by molar-refractivity contribution is -0.121. The third-order valence-electron chi connectivity index (χ3n) is 2.89. The zero-order valence-electron chi connectivity index (χ0n) is 11.4. The molecule has 0 bridgehead atoms. The first-order valence-corrected chi connectivity index (χ1v) is 8.70. The van der Waals surface area contributed by atoms with Crippen LogP contribution < -0.4 is 0 Å². The smallest absolute Gasteiger partial charge is 0.266 e. The van der Waals surface area contributed by atoms with Gasteiger partial charge in [-0.2, -0.15) is 0 Å². The Labute approximate surface area is 146 Å². The fourth-order valence-electron chi connectivity index (χ4n) is 1.76. The molecule has 0 radical (unpaired) electrons. The molecule has 3 rings (SSSR count). The largest absolute Gasteiger partial charge is 0.450 e. The highest BCUT2D eigenvalue weighted by atomic mass is 35.5. The molecule has 22 heavy (non-hydrogen) atoms. The van der Waals surface area contributed by atoms with Crippen LogP contribution in [-0.4, -0.2) is 22.2 Å². The maximum absolute atomic E-state index is 11.9. The van der Waals surface area contributed by atoms with E-state index in [1.165, 1.54) is 28.4 Å². The SMILES string of the molecule is CN1C(=O)/C(=C/c2ccc(Sc3ccc(Cl)cc3)o2)SC1=S. The maximum Gasteiger partial charge on any atom is 0.266 e. The number of rotatable bonds is 3. The van der Waals surface area contributed by atoms with Crippen LogP contribution in [0.3, 0.4) is 0 Å².